The van der Waals surface area contributed by atoms with Crippen LogP contribution in [0.15, 0.2) is 0 Å². The van der Waals surface area contributed by atoms with E-state index in [0.717, 1.165) is 0 Å². The van der Waals surface area contributed by atoms with E-state index < -0.39 is 27.8 Å². The fourth-order valence-corrected chi connectivity index (χ4v) is 9.28. The Morgan fingerprint density at radius 3 is 2.45 bits per heavy atom. The molecule has 0 saturated carbocycles. The molecular weight excluding hydrogens is 195 g/mol. The van der Waals surface area contributed by atoms with Crippen LogP contribution in [0.4, 0.5) is 0 Å². The lowest BCUT2D eigenvalue weighted by Crippen LogP contribution is -2.29. The molecule has 0 unspecified atom stereocenters. The van der Waals surface area contributed by atoms with Crippen molar-refractivity contribution in [2.45, 2.75) is 31.4 Å². The molecule has 0 aliphatic carbocycles. The van der Waals surface area contributed by atoms with Crippen molar-refractivity contribution in [1.29, 1.82) is 0 Å². The quantitative estimate of drug-likeness (QED) is 0.492. The Bertz CT molecular complexity index is 154. The third-order valence-corrected chi connectivity index (χ3v) is 8.30. The highest BCUT2D eigenvalue weighted by Gasteiger charge is 2.31. The summed E-state index contributed by atoms with van der Waals surface area (Å²) in [5, 5.41) is 0. The van der Waals surface area contributed by atoms with Gasteiger partial charge in [0.1, 0.15) is 0 Å². The average molecular weight is 210 g/mol. The molecule has 0 N–H and O–H groups in total. The van der Waals surface area contributed by atoms with Gasteiger partial charge in [0.15, 0.2) is 19.5 Å². The van der Waals surface area contributed by atoms with Gasteiger partial charge in [-0.15, -0.1) is 0 Å². The van der Waals surface area contributed by atoms with Crippen molar-refractivity contribution in [3.05, 3.63) is 0 Å². The van der Waals surface area contributed by atoms with E-state index >= 15 is 0 Å². The van der Waals surface area contributed by atoms with Crippen LogP contribution in [0.1, 0.15) is 26.7 Å². The van der Waals surface area contributed by atoms with Crippen LogP contribution in [0.5, 0.6) is 0 Å². The SMILES string of the molecule is CCCC1(C)[SiH2]O[PH](=O)O[SiH2]1. The van der Waals surface area contributed by atoms with Gasteiger partial charge in [-0.3, -0.25) is 4.57 Å². The Labute approximate surface area is 72.7 Å². The maximum Gasteiger partial charge on any atom is 0.298 e. The second-order valence-corrected chi connectivity index (χ2v) is 11.2. The molecule has 0 radical (unpaired) electrons. The van der Waals surface area contributed by atoms with Crippen LogP contribution >= 0.6 is 8.25 Å². The highest BCUT2D eigenvalue weighted by molar-refractivity contribution is 7.37. The Balaban J connectivity index is 2.41. The van der Waals surface area contributed by atoms with Gasteiger partial charge in [0, 0.05) is 0 Å². The van der Waals surface area contributed by atoms with Crippen molar-refractivity contribution in [3.8, 4) is 0 Å². The Morgan fingerprint density at radius 2 is 2.00 bits per heavy atom. The third-order valence-electron chi connectivity index (χ3n) is 1.93. The molecule has 0 aromatic carbocycles. The molecule has 0 aromatic heterocycles. The van der Waals surface area contributed by atoms with Crippen molar-refractivity contribution >= 4 is 27.8 Å². The number of rotatable bonds is 2. The standard InChI is InChI=1S/C5H15O3PSi2/c1-3-4-5(2)10-7-9(6)8-11-5/h9H,3-4,10-11H2,1-2H3. The van der Waals surface area contributed by atoms with E-state index in [4.69, 9.17) is 8.43 Å². The molecule has 1 saturated heterocycles. The highest BCUT2D eigenvalue weighted by atomic mass is 31.1. The summed E-state index contributed by atoms with van der Waals surface area (Å²) in [7, 11) is -3.13. The van der Waals surface area contributed by atoms with Crippen molar-refractivity contribution < 1.29 is 13.0 Å². The first-order chi connectivity index (χ1) is 5.16. The first kappa shape index (κ1) is 9.67. The van der Waals surface area contributed by atoms with Gasteiger partial charge in [-0.05, 0) is 11.1 Å². The molecule has 11 heavy (non-hydrogen) atoms. The lowest BCUT2D eigenvalue weighted by molar-refractivity contribution is 0.396. The van der Waals surface area contributed by atoms with E-state index in [1.807, 2.05) is 0 Å². The summed E-state index contributed by atoms with van der Waals surface area (Å²) >= 11 is 0. The van der Waals surface area contributed by atoms with Crippen molar-refractivity contribution in [2.75, 3.05) is 0 Å². The van der Waals surface area contributed by atoms with Crippen molar-refractivity contribution in [1.82, 2.24) is 0 Å². The second kappa shape index (κ2) is 4.00. The van der Waals surface area contributed by atoms with Crippen LogP contribution in [0, 0.1) is 0 Å². The molecule has 0 atom stereocenters. The van der Waals surface area contributed by atoms with E-state index in [9.17, 15) is 4.57 Å². The summed E-state index contributed by atoms with van der Waals surface area (Å²) in [5.41, 5.74) is 0. The predicted molar refractivity (Wildman–Crippen MR) is 51.5 cm³/mol. The Morgan fingerprint density at radius 1 is 1.45 bits per heavy atom. The molecule has 0 amide bonds. The lowest BCUT2D eigenvalue weighted by atomic mass is 10.2. The molecule has 3 nitrogen and oxygen atoms in total. The number of hydrogen-bond donors (Lipinski definition) is 0. The summed E-state index contributed by atoms with van der Waals surface area (Å²) < 4.78 is 21.4. The van der Waals surface area contributed by atoms with Gasteiger partial charge in [-0.25, -0.2) is 0 Å². The molecule has 1 aliphatic heterocycles. The molecule has 1 fully saturated rings. The molecule has 6 heteroatoms. The normalized spacial score (nSPS) is 43.3. The van der Waals surface area contributed by atoms with Crippen LogP contribution in [0.2, 0.25) is 4.66 Å². The first-order valence-corrected chi connectivity index (χ1v) is 7.75. The molecule has 0 bridgehead atoms. The van der Waals surface area contributed by atoms with Crippen molar-refractivity contribution in [2.24, 2.45) is 0 Å². The lowest BCUT2D eigenvalue weighted by Gasteiger charge is -2.31. The largest absolute Gasteiger partial charge is 0.361 e. The van der Waals surface area contributed by atoms with E-state index in [1.165, 1.54) is 12.8 Å². The van der Waals surface area contributed by atoms with Gasteiger partial charge in [-0.2, -0.15) is 0 Å². The van der Waals surface area contributed by atoms with Crippen LogP contribution < -0.4 is 0 Å². The zero-order valence-corrected chi connectivity index (χ0v) is 10.9. The fourth-order valence-electron chi connectivity index (χ4n) is 1.30. The predicted octanol–water partition coefficient (Wildman–Crippen LogP) is 0.527. The molecule has 0 aromatic rings. The van der Waals surface area contributed by atoms with E-state index in [1.54, 1.807) is 0 Å². The zero-order chi connectivity index (χ0) is 8.32. The minimum Gasteiger partial charge on any atom is -0.361 e. The summed E-state index contributed by atoms with van der Waals surface area (Å²) in [4.78, 5) is 0. The maximum absolute atomic E-state index is 10.8. The number of hydrogen-bond acceptors (Lipinski definition) is 3. The topological polar surface area (TPSA) is 35.5 Å². The van der Waals surface area contributed by atoms with Gasteiger partial charge in [0.05, 0.1) is 0 Å². The fraction of sp³-hybridized carbons (Fsp3) is 1.00. The monoisotopic (exact) mass is 210 g/mol. The van der Waals surface area contributed by atoms with E-state index in [-0.39, 0.29) is 0 Å². The van der Waals surface area contributed by atoms with Gasteiger partial charge in [-0.1, -0.05) is 20.3 Å². The minimum absolute atomic E-state index is 0.368. The summed E-state index contributed by atoms with van der Waals surface area (Å²) in [5.74, 6) is 0. The second-order valence-electron chi connectivity index (χ2n) is 3.39. The zero-order valence-electron chi connectivity index (χ0n) is 7.05. The molecular formula is C5H15O3PSi2. The van der Waals surface area contributed by atoms with E-state index in [0.29, 0.717) is 4.66 Å². The minimum atomic E-state index is -2.01. The van der Waals surface area contributed by atoms with Crippen LogP contribution in [0.25, 0.3) is 0 Å². The molecule has 0 spiro atoms. The van der Waals surface area contributed by atoms with Crippen molar-refractivity contribution in [3.63, 3.8) is 0 Å². The van der Waals surface area contributed by atoms with Gasteiger partial charge in [0.25, 0.3) is 8.25 Å². The highest BCUT2D eigenvalue weighted by Crippen LogP contribution is 2.40. The third kappa shape index (κ3) is 2.84. The summed E-state index contributed by atoms with van der Waals surface area (Å²) in [6, 6.07) is 0. The first-order valence-electron chi connectivity index (χ1n) is 3.96. The van der Waals surface area contributed by atoms with Crippen LogP contribution in [0.3, 0.4) is 0 Å². The van der Waals surface area contributed by atoms with E-state index in [2.05, 4.69) is 13.8 Å². The molecule has 1 heterocycles. The smallest absolute Gasteiger partial charge is 0.298 e. The average Bonchev–Trinajstić information content (AvgIpc) is 1.97. The Kier molecular flexibility index (Phi) is 3.52. The summed E-state index contributed by atoms with van der Waals surface area (Å²) in [6.45, 7) is 4.40. The summed E-state index contributed by atoms with van der Waals surface area (Å²) in [6.07, 6.45) is 2.38. The molecule has 66 valence electrons. The van der Waals surface area contributed by atoms with Gasteiger partial charge >= 0.3 is 0 Å². The van der Waals surface area contributed by atoms with Crippen LogP contribution in [-0.4, -0.2) is 19.5 Å². The maximum atomic E-state index is 10.8. The molecule has 1 aliphatic rings. The van der Waals surface area contributed by atoms with Crippen LogP contribution in [-0.2, 0) is 13.0 Å². The molecule has 1 rings (SSSR count). The Hall–Kier alpha value is 0.584. The van der Waals surface area contributed by atoms with Gasteiger partial charge < -0.3 is 8.43 Å². The van der Waals surface area contributed by atoms with Gasteiger partial charge in [0.2, 0.25) is 0 Å².